The van der Waals surface area contributed by atoms with Crippen LogP contribution in [0, 0.1) is 0 Å². The molecule has 0 amide bonds. The van der Waals surface area contributed by atoms with Crippen LogP contribution >= 0.6 is 0 Å². The summed E-state index contributed by atoms with van der Waals surface area (Å²) >= 11 is 0. The molecule has 0 saturated heterocycles. The number of hydrogen-bond acceptors (Lipinski definition) is 8. The van der Waals surface area contributed by atoms with Crippen molar-refractivity contribution in [2.24, 2.45) is 0 Å². The number of H-pyrrole nitrogens is 2. The van der Waals surface area contributed by atoms with E-state index in [2.05, 4.69) is 48.2 Å². The highest BCUT2D eigenvalue weighted by Gasteiger charge is 2.21. The molecule has 0 radical (unpaired) electrons. The number of tetrazole rings is 2. The Labute approximate surface area is 158 Å². The molecule has 2 aromatic rings. The summed E-state index contributed by atoms with van der Waals surface area (Å²) in [6.07, 6.45) is 8.37. The molecule has 2 aromatic heterocycles. The van der Waals surface area contributed by atoms with Crippen molar-refractivity contribution < 1.29 is 9.59 Å². The molecule has 0 atom stereocenters. The number of Topliss-reactive ketones (excluding diaryl/α,β-unsaturated/α-hetero) is 2. The van der Waals surface area contributed by atoms with E-state index < -0.39 is 0 Å². The molecular formula is C17H28N8O2. The number of unbranched alkanes of at least 4 members (excludes halogenated alkanes) is 3. The molecule has 0 aliphatic rings. The van der Waals surface area contributed by atoms with E-state index in [0.29, 0.717) is 43.8 Å². The van der Waals surface area contributed by atoms with Gasteiger partial charge in [0.05, 0.1) is 5.92 Å². The highest BCUT2D eigenvalue weighted by atomic mass is 16.1. The van der Waals surface area contributed by atoms with Crippen molar-refractivity contribution in [2.75, 3.05) is 0 Å². The molecule has 0 bridgehead atoms. The SMILES string of the molecule is CCCCCC(=O)CCCC(=O)CCCCC(c1nnn[nH]1)c1nnn[nH]1. The van der Waals surface area contributed by atoms with Crippen LogP contribution in [-0.4, -0.2) is 52.8 Å². The van der Waals surface area contributed by atoms with Gasteiger partial charge in [-0.3, -0.25) is 9.59 Å². The average Bonchev–Trinajstić information content (AvgIpc) is 3.36. The molecule has 10 heteroatoms. The fourth-order valence-corrected chi connectivity index (χ4v) is 3.01. The second kappa shape index (κ2) is 12.0. The van der Waals surface area contributed by atoms with Gasteiger partial charge in [-0.1, -0.05) is 26.2 Å². The van der Waals surface area contributed by atoms with Crippen molar-refractivity contribution in [1.82, 2.24) is 41.2 Å². The topological polar surface area (TPSA) is 143 Å². The maximum atomic E-state index is 12.0. The zero-order chi connectivity index (χ0) is 19.3. The molecule has 2 heterocycles. The number of ketones is 2. The summed E-state index contributed by atoms with van der Waals surface area (Å²) in [6, 6.07) is 0. The minimum atomic E-state index is -0.147. The number of hydrogen-bond donors (Lipinski definition) is 2. The Morgan fingerprint density at radius 3 is 1.78 bits per heavy atom. The average molecular weight is 376 g/mol. The van der Waals surface area contributed by atoms with Gasteiger partial charge >= 0.3 is 0 Å². The van der Waals surface area contributed by atoms with Gasteiger partial charge in [0.1, 0.15) is 11.6 Å². The summed E-state index contributed by atoms with van der Waals surface area (Å²) in [4.78, 5) is 23.7. The highest BCUT2D eigenvalue weighted by Crippen LogP contribution is 2.23. The van der Waals surface area contributed by atoms with Gasteiger partial charge in [0, 0.05) is 25.7 Å². The molecule has 0 spiro atoms. The Kier molecular flexibility index (Phi) is 9.22. The van der Waals surface area contributed by atoms with Gasteiger partial charge < -0.3 is 0 Å². The number of carbonyl (C=O) groups is 2. The first-order valence-corrected chi connectivity index (χ1v) is 9.71. The van der Waals surface area contributed by atoms with E-state index in [0.717, 1.165) is 38.5 Å². The number of aromatic amines is 2. The van der Waals surface area contributed by atoms with Crippen molar-refractivity contribution in [3.8, 4) is 0 Å². The lowest BCUT2D eigenvalue weighted by atomic mass is 9.98. The molecule has 0 aliphatic carbocycles. The number of nitrogens with zero attached hydrogens (tertiary/aromatic N) is 6. The van der Waals surface area contributed by atoms with Crippen LogP contribution in [0.2, 0.25) is 0 Å². The minimum absolute atomic E-state index is 0.147. The molecule has 148 valence electrons. The fraction of sp³-hybridized carbons (Fsp3) is 0.765. The Morgan fingerprint density at radius 2 is 1.30 bits per heavy atom. The first-order valence-electron chi connectivity index (χ1n) is 9.71. The Morgan fingerprint density at radius 1 is 0.778 bits per heavy atom. The third-order valence-electron chi connectivity index (χ3n) is 4.55. The van der Waals surface area contributed by atoms with Crippen LogP contribution in [0.15, 0.2) is 0 Å². The molecule has 0 saturated carbocycles. The fourth-order valence-electron chi connectivity index (χ4n) is 3.01. The van der Waals surface area contributed by atoms with Crippen LogP contribution in [0.5, 0.6) is 0 Å². The Balaban J connectivity index is 1.61. The largest absolute Gasteiger partial charge is 0.300 e. The van der Waals surface area contributed by atoms with Crippen LogP contribution < -0.4 is 0 Å². The van der Waals surface area contributed by atoms with Gasteiger partial charge in [-0.25, -0.2) is 10.2 Å². The molecular weight excluding hydrogens is 348 g/mol. The van der Waals surface area contributed by atoms with E-state index in [1.807, 2.05) is 0 Å². The molecule has 0 aromatic carbocycles. The first kappa shape index (κ1) is 20.8. The Bertz CT molecular complexity index is 622. The van der Waals surface area contributed by atoms with Crippen molar-refractivity contribution in [3.63, 3.8) is 0 Å². The van der Waals surface area contributed by atoms with Crippen LogP contribution in [0.25, 0.3) is 0 Å². The van der Waals surface area contributed by atoms with E-state index in [9.17, 15) is 9.59 Å². The minimum Gasteiger partial charge on any atom is -0.300 e. The van der Waals surface area contributed by atoms with E-state index in [4.69, 9.17) is 0 Å². The molecule has 0 aliphatic heterocycles. The van der Waals surface area contributed by atoms with E-state index in [-0.39, 0.29) is 17.5 Å². The van der Waals surface area contributed by atoms with Gasteiger partial charge in [0.15, 0.2) is 11.6 Å². The lowest BCUT2D eigenvalue weighted by Gasteiger charge is -2.09. The number of aromatic nitrogens is 8. The predicted molar refractivity (Wildman–Crippen MR) is 96.7 cm³/mol. The number of carbonyl (C=O) groups excluding carboxylic acids is 2. The first-order chi connectivity index (χ1) is 13.2. The van der Waals surface area contributed by atoms with Crippen molar-refractivity contribution in [2.45, 2.75) is 83.5 Å². The summed E-state index contributed by atoms with van der Waals surface area (Å²) in [5.41, 5.74) is 0. The smallest absolute Gasteiger partial charge is 0.159 e. The molecule has 2 N–H and O–H groups in total. The Hall–Kier alpha value is -2.52. The summed E-state index contributed by atoms with van der Waals surface area (Å²) in [5, 5.41) is 27.8. The summed E-state index contributed by atoms with van der Waals surface area (Å²) in [5.74, 6) is 1.55. The van der Waals surface area contributed by atoms with Gasteiger partial charge in [0.25, 0.3) is 0 Å². The van der Waals surface area contributed by atoms with Gasteiger partial charge in [-0.2, -0.15) is 0 Å². The maximum Gasteiger partial charge on any atom is 0.159 e. The lowest BCUT2D eigenvalue weighted by Crippen LogP contribution is -2.07. The predicted octanol–water partition coefficient (Wildman–Crippen LogP) is 2.29. The highest BCUT2D eigenvalue weighted by molar-refractivity contribution is 5.81. The standard InChI is InChI=1S/C17H28N8O2/c1-2-3-4-8-13(26)10-7-11-14(27)9-5-6-12-15(16-18-22-23-19-16)17-20-24-25-21-17/h15H,2-12H2,1H3,(H,18,19,22,23)(H,20,21,24,25). The maximum absolute atomic E-state index is 12.0. The molecule has 0 fully saturated rings. The molecule has 10 nitrogen and oxygen atoms in total. The van der Waals surface area contributed by atoms with Crippen LogP contribution in [0.3, 0.4) is 0 Å². The molecule has 0 unspecified atom stereocenters. The quantitative estimate of drug-likeness (QED) is 0.451. The van der Waals surface area contributed by atoms with E-state index in [1.54, 1.807) is 0 Å². The van der Waals surface area contributed by atoms with Gasteiger partial charge in [0.2, 0.25) is 0 Å². The summed E-state index contributed by atoms with van der Waals surface area (Å²) in [7, 11) is 0. The third-order valence-corrected chi connectivity index (χ3v) is 4.55. The summed E-state index contributed by atoms with van der Waals surface area (Å²) in [6.45, 7) is 2.12. The third kappa shape index (κ3) is 7.71. The van der Waals surface area contributed by atoms with Gasteiger partial charge in [-0.05, 0) is 46.5 Å². The zero-order valence-electron chi connectivity index (χ0n) is 15.9. The number of nitrogens with one attached hydrogen (secondary N) is 2. The van der Waals surface area contributed by atoms with Crippen molar-refractivity contribution in [3.05, 3.63) is 11.6 Å². The second-order valence-corrected chi connectivity index (χ2v) is 6.76. The molecule has 27 heavy (non-hydrogen) atoms. The zero-order valence-corrected chi connectivity index (χ0v) is 15.9. The lowest BCUT2D eigenvalue weighted by molar-refractivity contribution is -0.120. The van der Waals surface area contributed by atoms with Crippen LogP contribution in [0.1, 0.15) is 95.1 Å². The van der Waals surface area contributed by atoms with Crippen LogP contribution in [-0.2, 0) is 9.59 Å². The second-order valence-electron chi connectivity index (χ2n) is 6.76. The van der Waals surface area contributed by atoms with Gasteiger partial charge in [-0.15, -0.1) is 10.2 Å². The van der Waals surface area contributed by atoms with Crippen molar-refractivity contribution >= 4 is 11.6 Å². The number of rotatable bonds is 15. The van der Waals surface area contributed by atoms with E-state index >= 15 is 0 Å². The molecule has 2 rings (SSSR count). The van der Waals surface area contributed by atoms with Crippen molar-refractivity contribution in [1.29, 1.82) is 0 Å². The monoisotopic (exact) mass is 376 g/mol. The van der Waals surface area contributed by atoms with E-state index in [1.165, 1.54) is 0 Å². The van der Waals surface area contributed by atoms with Crippen LogP contribution in [0.4, 0.5) is 0 Å². The normalized spacial score (nSPS) is 11.2. The summed E-state index contributed by atoms with van der Waals surface area (Å²) < 4.78 is 0.